The summed E-state index contributed by atoms with van der Waals surface area (Å²) in [6.07, 6.45) is 1.73. The van der Waals surface area contributed by atoms with Gasteiger partial charge in [-0.05, 0) is 30.7 Å². The lowest BCUT2D eigenvalue weighted by Crippen LogP contribution is -2.43. The first kappa shape index (κ1) is 21.7. The summed E-state index contributed by atoms with van der Waals surface area (Å²) >= 11 is 0. The number of carbonyl (C=O) groups is 4. The van der Waals surface area contributed by atoms with Gasteiger partial charge in [0.2, 0.25) is 5.91 Å². The normalized spacial score (nSPS) is 11.4. The molecule has 27 heavy (non-hydrogen) atoms. The molecule has 146 valence electrons. The van der Waals surface area contributed by atoms with Crippen LogP contribution in [0, 0.1) is 0 Å². The quantitative estimate of drug-likeness (QED) is 0.450. The maximum Gasteiger partial charge on any atom is 0.321 e. The summed E-state index contributed by atoms with van der Waals surface area (Å²) in [7, 11) is 2.92. The molecule has 4 amide bonds. The van der Waals surface area contributed by atoms with Gasteiger partial charge >= 0.3 is 12.0 Å². The van der Waals surface area contributed by atoms with Gasteiger partial charge in [0.05, 0.1) is 13.5 Å². The summed E-state index contributed by atoms with van der Waals surface area (Å²) in [5.41, 5.74) is 0.821. The zero-order valence-corrected chi connectivity index (χ0v) is 15.4. The molecule has 0 saturated carbocycles. The van der Waals surface area contributed by atoms with E-state index < -0.39 is 24.0 Å². The maximum atomic E-state index is 11.7. The first-order valence-electron chi connectivity index (χ1n) is 8.17. The smallest absolute Gasteiger partial charge is 0.321 e. The van der Waals surface area contributed by atoms with Crippen molar-refractivity contribution in [2.45, 2.75) is 19.4 Å². The van der Waals surface area contributed by atoms with E-state index in [2.05, 4.69) is 10.6 Å². The molecule has 1 aromatic rings. The molecule has 0 radical (unpaired) electrons. The van der Waals surface area contributed by atoms with Crippen LogP contribution in [0.2, 0.25) is 0 Å². The van der Waals surface area contributed by atoms with Gasteiger partial charge in [-0.15, -0.1) is 0 Å². The van der Waals surface area contributed by atoms with E-state index in [1.54, 1.807) is 37.5 Å². The first-order chi connectivity index (χ1) is 12.8. The predicted molar refractivity (Wildman–Crippen MR) is 97.8 cm³/mol. The molecular formula is C18H23N3O6. The summed E-state index contributed by atoms with van der Waals surface area (Å²) in [4.78, 5) is 45.9. The SMILES string of the molecule is CNC(=O)NC(=O)[C@H](C)OC(=O)CCNC(=O)/C=C/c1ccc(OC)cc1. The van der Waals surface area contributed by atoms with E-state index in [9.17, 15) is 19.2 Å². The van der Waals surface area contributed by atoms with Crippen molar-refractivity contribution in [1.82, 2.24) is 16.0 Å². The van der Waals surface area contributed by atoms with E-state index in [-0.39, 0.29) is 18.9 Å². The van der Waals surface area contributed by atoms with Crippen LogP contribution in [0.15, 0.2) is 30.3 Å². The molecule has 0 spiro atoms. The standard InChI is InChI=1S/C18H23N3O6/c1-12(17(24)21-18(25)19-2)27-16(23)10-11-20-15(22)9-6-13-4-7-14(26-3)8-5-13/h4-9,12H,10-11H2,1-3H3,(H,20,22)(H2,19,21,24,25)/b9-6+/t12-/m0/s1. The molecule has 3 N–H and O–H groups in total. The van der Waals surface area contributed by atoms with Crippen molar-refractivity contribution in [2.75, 3.05) is 20.7 Å². The molecule has 9 heteroatoms. The number of methoxy groups -OCH3 is 1. The molecule has 0 aliphatic carbocycles. The predicted octanol–water partition coefficient (Wildman–Crippen LogP) is 0.602. The van der Waals surface area contributed by atoms with Crippen LogP contribution in [0.1, 0.15) is 18.9 Å². The molecule has 1 aromatic carbocycles. The summed E-state index contributed by atoms with van der Waals surface area (Å²) in [5.74, 6) is -1.07. The monoisotopic (exact) mass is 377 g/mol. The molecule has 0 bridgehead atoms. The highest BCUT2D eigenvalue weighted by atomic mass is 16.5. The lowest BCUT2D eigenvalue weighted by atomic mass is 10.2. The van der Waals surface area contributed by atoms with Gasteiger partial charge in [-0.1, -0.05) is 12.1 Å². The lowest BCUT2D eigenvalue weighted by Gasteiger charge is -2.12. The number of amides is 4. The average Bonchev–Trinajstić information content (AvgIpc) is 2.66. The fourth-order valence-electron chi connectivity index (χ4n) is 1.82. The number of imide groups is 1. The summed E-state index contributed by atoms with van der Waals surface area (Å²) < 4.78 is 9.92. The minimum Gasteiger partial charge on any atom is -0.497 e. The van der Waals surface area contributed by atoms with Crippen LogP contribution in [0.5, 0.6) is 5.75 Å². The zero-order chi connectivity index (χ0) is 20.2. The molecule has 1 atom stereocenters. The third-order valence-corrected chi connectivity index (χ3v) is 3.31. The molecule has 0 unspecified atom stereocenters. The maximum absolute atomic E-state index is 11.7. The highest BCUT2D eigenvalue weighted by molar-refractivity contribution is 5.97. The number of benzene rings is 1. The van der Waals surface area contributed by atoms with Gasteiger partial charge in [-0.25, -0.2) is 4.79 Å². The van der Waals surface area contributed by atoms with Gasteiger partial charge in [0.25, 0.3) is 5.91 Å². The van der Waals surface area contributed by atoms with Gasteiger partial charge in [-0.2, -0.15) is 0 Å². The highest BCUT2D eigenvalue weighted by Gasteiger charge is 2.19. The van der Waals surface area contributed by atoms with Crippen LogP contribution in [0.25, 0.3) is 6.08 Å². The van der Waals surface area contributed by atoms with E-state index in [1.165, 1.54) is 20.0 Å². The number of ether oxygens (including phenoxy) is 2. The molecule has 1 rings (SSSR count). The minimum absolute atomic E-state index is 0.0500. The van der Waals surface area contributed by atoms with Crippen molar-refractivity contribution in [1.29, 1.82) is 0 Å². The van der Waals surface area contributed by atoms with Crippen molar-refractivity contribution in [3.05, 3.63) is 35.9 Å². The number of hydrogen-bond acceptors (Lipinski definition) is 6. The second-order valence-electron chi connectivity index (χ2n) is 5.35. The van der Waals surface area contributed by atoms with Crippen molar-refractivity contribution in [3.8, 4) is 5.75 Å². The molecule has 0 saturated heterocycles. The second kappa shape index (κ2) is 11.3. The second-order valence-corrected chi connectivity index (χ2v) is 5.35. The van der Waals surface area contributed by atoms with Crippen molar-refractivity contribution >= 4 is 29.9 Å². The van der Waals surface area contributed by atoms with Crippen molar-refractivity contribution in [3.63, 3.8) is 0 Å². The van der Waals surface area contributed by atoms with Crippen molar-refractivity contribution in [2.24, 2.45) is 0 Å². The number of urea groups is 1. The Bertz CT molecular complexity index is 700. The fourth-order valence-corrected chi connectivity index (χ4v) is 1.82. The number of hydrogen-bond donors (Lipinski definition) is 3. The van der Waals surface area contributed by atoms with Crippen LogP contribution < -0.4 is 20.7 Å². The topological polar surface area (TPSA) is 123 Å². The molecule has 0 aliphatic heterocycles. The summed E-state index contributed by atoms with van der Waals surface area (Å²) in [5, 5.41) is 6.74. The Morgan fingerprint density at radius 3 is 2.41 bits per heavy atom. The Morgan fingerprint density at radius 2 is 1.81 bits per heavy atom. The van der Waals surface area contributed by atoms with Crippen LogP contribution in [0.3, 0.4) is 0 Å². The fraction of sp³-hybridized carbons (Fsp3) is 0.333. The molecule has 9 nitrogen and oxygen atoms in total. The van der Waals surface area contributed by atoms with E-state index >= 15 is 0 Å². The molecular weight excluding hydrogens is 354 g/mol. The van der Waals surface area contributed by atoms with E-state index in [0.29, 0.717) is 5.75 Å². The molecule has 0 heterocycles. The van der Waals surface area contributed by atoms with Gasteiger partial charge in [0.15, 0.2) is 6.10 Å². The Labute approximate surface area is 157 Å². The average molecular weight is 377 g/mol. The Balaban J connectivity index is 2.31. The van der Waals surface area contributed by atoms with Crippen LogP contribution in [-0.4, -0.2) is 50.6 Å². The summed E-state index contributed by atoms with van der Waals surface area (Å²) in [6.45, 7) is 1.39. The summed E-state index contributed by atoms with van der Waals surface area (Å²) in [6, 6.07) is 6.44. The van der Waals surface area contributed by atoms with Gasteiger partial charge in [-0.3, -0.25) is 19.7 Å². The van der Waals surface area contributed by atoms with Crippen LogP contribution in [0.4, 0.5) is 4.79 Å². The van der Waals surface area contributed by atoms with Gasteiger partial charge in [0, 0.05) is 19.7 Å². The van der Waals surface area contributed by atoms with E-state index in [4.69, 9.17) is 9.47 Å². The third kappa shape index (κ3) is 8.52. The highest BCUT2D eigenvalue weighted by Crippen LogP contribution is 2.12. The van der Waals surface area contributed by atoms with Crippen LogP contribution >= 0.6 is 0 Å². The molecule has 0 fully saturated rings. The third-order valence-electron chi connectivity index (χ3n) is 3.31. The lowest BCUT2D eigenvalue weighted by molar-refractivity contribution is -0.154. The van der Waals surface area contributed by atoms with E-state index in [0.717, 1.165) is 5.56 Å². The number of rotatable bonds is 8. The van der Waals surface area contributed by atoms with E-state index in [1.807, 2.05) is 5.32 Å². The Kier molecular flexibility index (Phi) is 9.07. The zero-order valence-electron chi connectivity index (χ0n) is 15.4. The number of esters is 1. The van der Waals surface area contributed by atoms with Crippen LogP contribution in [-0.2, 0) is 19.1 Å². The van der Waals surface area contributed by atoms with Gasteiger partial charge < -0.3 is 20.1 Å². The van der Waals surface area contributed by atoms with Gasteiger partial charge in [0.1, 0.15) is 5.75 Å². The largest absolute Gasteiger partial charge is 0.497 e. The number of carbonyl (C=O) groups excluding carboxylic acids is 4. The Morgan fingerprint density at radius 1 is 1.15 bits per heavy atom. The minimum atomic E-state index is -1.12. The Hall–Kier alpha value is -3.36. The molecule has 0 aromatic heterocycles. The van der Waals surface area contributed by atoms with Crippen molar-refractivity contribution < 1.29 is 28.7 Å². The first-order valence-corrected chi connectivity index (χ1v) is 8.17. The molecule has 0 aliphatic rings. The number of nitrogens with one attached hydrogen (secondary N) is 3.